The highest BCUT2D eigenvalue weighted by molar-refractivity contribution is 6.32. The zero-order valence-corrected chi connectivity index (χ0v) is 25.9. The Labute approximate surface area is 276 Å². The Morgan fingerprint density at radius 3 is 1.68 bits per heavy atom. The molecule has 1 fully saturated rings. The lowest BCUT2D eigenvalue weighted by Gasteiger charge is -2.00. The molecule has 9 rings (SSSR count). The van der Waals surface area contributed by atoms with Gasteiger partial charge in [-0.2, -0.15) is 4.42 Å². The number of nitrogens with zero attached hydrogens (tertiary/aromatic N) is 7. The van der Waals surface area contributed by atoms with E-state index < -0.39 is 0 Å². The number of rotatable bonds is 2. The molecule has 11 nitrogen and oxygen atoms in total. The van der Waals surface area contributed by atoms with Gasteiger partial charge in [0, 0.05) is 94.5 Å². The third kappa shape index (κ3) is 6.22. The molecular weight excluding hydrogens is 637 g/mol. The number of pyridine rings is 6. The minimum atomic E-state index is -0.295. The number of aromatic amines is 2. The molecule has 2 N–H and O–H groups in total. The fraction of sp³-hybridized carbons (Fsp3) is 0.0588. The van der Waals surface area contributed by atoms with Gasteiger partial charge in [-0.05, 0) is 54.6 Å². The molecule has 2 amide bonds. The average molecular weight is 661 g/mol. The molecule has 0 radical (unpaired) electrons. The molecule has 0 aliphatic carbocycles. The number of hydrogen-bond donors (Lipinski definition) is 2. The van der Waals surface area contributed by atoms with E-state index in [9.17, 15) is 9.59 Å². The molecule has 0 bridgehead atoms. The molecule has 0 saturated carbocycles. The van der Waals surface area contributed by atoms with Gasteiger partial charge in [-0.1, -0.05) is 11.6 Å². The Balaban J connectivity index is 0.000000122. The molecule has 0 unspecified atom stereocenters. The van der Waals surface area contributed by atoms with E-state index in [0.29, 0.717) is 9.44 Å². The molecule has 0 spiro atoms. The van der Waals surface area contributed by atoms with Gasteiger partial charge in [0.2, 0.25) is 11.8 Å². The second-order valence-electron chi connectivity index (χ2n) is 10.5. The Hall–Kier alpha value is -5.78. The first-order valence-electron chi connectivity index (χ1n) is 14.4. The van der Waals surface area contributed by atoms with Crippen LogP contribution in [0.3, 0.4) is 0 Å². The molecule has 0 aromatic carbocycles. The number of hydrogen-bond acceptors (Lipinski definition) is 8. The van der Waals surface area contributed by atoms with Crippen LogP contribution in [-0.4, -0.2) is 56.1 Å². The lowest BCUT2D eigenvalue weighted by molar-refractivity contribution is -0.132. The quantitative estimate of drug-likeness (QED) is 0.145. The molecular formula is C34H23Cl2N9O2. The molecule has 230 valence electrons. The van der Waals surface area contributed by atoms with E-state index in [0.717, 1.165) is 66.4 Å². The highest BCUT2D eigenvalue weighted by Gasteiger charge is 2.26. The van der Waals surface area contributed by atoms with Crippen molar-refractivity contribution in [1.29, 1.82) is 0 Å². The SMILES string of the molecule is Clc1cnc2[nH]c3cnc(-c4cccnc4)cc3c2c1.O=C1CCC(=O)N1Cl.c1cncc(-c2cc3c(cn2)[nH]c2ncccc23)c1. The van der Waals surface area contributed by atoms with Gasteiger partial charge in [-0.3, -0.25) is 29.5 Å². The number of imide groups is 1. The van der Waals surface area contributed by atoms with Crippen molar-refractivity contribution in [2.45, 2.75) is 12.8 Å². The van der Waals surface area contributed by atoms with E-state index >= 15 is 0 Å². The second-order valence-corrected chi connectivity index (χ2v) is 11.3. The summed E-state index contributed by atoms with van der Waals surface area (Å²) in [6, 6.07) is 17.8. The number of H-pyrrole nitrogens is 2. The van der Waals surface area contributed by atoms with E-state index in [1.807, 2.05) is 61.1 Å². The smallest absolute Gasteiger partial charge is 0.244 e. The van der Waals surface area contributed by atoms with Crippen molar-refractivity contribution in [2.24, 2.45) is 0 Å². The number of carbonyl (C=O) groups is 2. The lowest BCUT2D eigenvalue weighted by Crippen LogP contribution is -2.16. The molecule has 47 heavy (non-hydrogen) atoms. The van der Waals surface area contributed by atoms with Gasteiger partial charge >= 0.3 is 0 Å². The maximum absolute atomic E-state index is 10.4. The first-order chi connectivity index (χ1) is 22.9. The summed E-state index contributed by atoms with van der Waals surface area (Å²) in [5.41, 5.74) is 7.46. The van der Waals surface area contributed by atoms with Gasteiger partial charge in [-0.15, -0.1) is 0 Å². The minimum Gasteiger partial charge on any atom is -0.338 e. The highest BCUT2D eigenvalue weighted by Crippen LogP contribution is 2.29. The molecule has 8 aromatic heterocycles. The van der Waals surface area contributed by atoms with Crippen molar-refractivity contribution in [3.8, 4) is 22.5 Å². The molecule has 0 atom stereocenters. The first kappa shape index (κ1) is 29.9. The van der Waals surface area contributed by atoms with Crippen LogP contribution in [0.25, 0.3) is 66.4 Å². The van der Waals surface area contributed by atoms with Gasteiger partial charge < -0.3 is 9.97 Å². The Morgan fingerprint density at radius 1 is 0.596 bits per heavy atom. The molecule has 13 heteroatoms. The normalized spacial score (nSPS) is 12.8. The van der Waals surface area contributed by atoms with Crippen LogP contribution >= 0.6 is 23.4 Å². The third-order valence-corrected chi connectivity index (χ3v) is 8.05. The minimum absolute atomic E-state index is 0.266. The third-order valence-electron chi connectivity index (χ3n) is 7.46. The van der Waals surface area contributed by atoms with Crippen LogP contribution in [0, 0.1) is 0 Å². The van der Waals surface area contributed by atoms with E-state index in [1.54, 1.807) is 31.0 Å². The Morgan fingerprint density at radius 2 is 1.15 bits per heavy atom. The summed E-state index contributed by atoms with van der Waals surface area (Å²) in [6.07, 6.45) is 14.7. The van der Waals surface area contributed by atoms with Crippen molar-refractivity contribution >= 4 is 79.1 Å². The maximum Gasteiger partial charge on any atom is 0.244 e. The molecule has 1 aliphatic rings. The molecule has 1 aliphatic heterocycles. The number of halogens is 2. The standard InChI is InChI=1S/C15H9ClN4.C15H10N4.C4H4ClNO2/c16-10-4-12-11-5-13(9-2-1-3-17-6-9)18-8-14(11)20-15(12)19-7-10;1-3-10(8-16-5-1)13-7-12-11-4-2-6-17-15(11)19-14(12)9-18-13;5-6-3(7)1-2-4(6)8/h1-8H,(H,19,20);1-9H,(H,17,19);1-2H2. The molecule has 8 aromatic rings. The van der Waals surface area contributed by atoms with Crippen LogP contribution in [0.1, 0.15) is 12.8 Å². The highest BCUT2D eigenvalue weighted by atomic mass is 35.5. The van der Waals surface area contributed by atoms with Gasteiger partial charge in [0.15, 0.2) is 0 Å². The lowest BCUT2D eigenvalue weighted by atomic mass is 10.1. The van der Waals surface area contributed by atoms with Crippen LogP contribution in [0.4, 0.5) is 0 Å². The first-order valence-corrected chi connectivity index (χ1v) is 15.1. The summed E-state index contributed by atoms with van der Waals surface area (Å²) in [4.78, 5) is 53.0. The van der Waals surface area contributed by atoms with Gasteiger partial charge in [-0.25, -0.2) is 9.97 Å². The van der Waals surface area contributed by atoms with Crippen molar-refractivity contribution in [3.05, 3.63) is 109 Å². The topological polar surface area (TPSA) is 146 Å². The Kier molecular flexibility index (Phi) is 8.22. The number of carbonyl (C=O) groups excluding carboxylic acids is 2. The second kappa shape index (κ2) is 12.9. The maximum atomic E-state index is 10.4. The van der Waals surface area contributed by atoms with E-state index in [2.05, 4.69) is 52.0 Å². The predicted molar refractivity (Wildman–Crippen MR) is 181 cm³/mol. The summed E-state index contributed by atoms with van der Waals surface area (Å²) in [7, 11) is 0. The summed E-state index contributed by atoms with van der Waals surface area (Å²) < 4.78 is 0.639. The average Bonchev–Trinajstić information content (AvgIpc) is 3.77. The van der Waals surface area contributed by atoms with Crippen molar-refractivity contribution in [3.63, 3.8) is 0 Å². The van der Waals surface area contributed by atoms with Crippen molar-refractivity contribution in [1.82, 2.24) is 44.3 Å². The monoisotopic (exact) mass is 659 g/mol. The van der Waals surface area contributed by atoms with Crippen molar-refractivity contribution in [2.75, 3.05) is 0 Å². The fourth-order valence-electron chi connectivity index (χ4n) is 5.17. The number of nitrogens with one attached hydrogen (secondary N) is 2. The van der Waals surface area contributed by atoms with E-state index in [4.69, 9.17) is 23.4 Å². The summed E-state index contributed by atoms with van der Waals surface area (Å²) in [5, 5.41) is 4.93. The Bertz CT molecular complexity index is 2380. The van der Waals surface area contributed by atoms with Crippen LogP contribution in [0.15, 0.2) is 104 Å². The summed E-state index contributed by atoms with van der Waals surface area (Å²) in [5.74, 6) is -0.590. The van der Waals surface area contributed by atoms with E-state index in [-0.39, 0.29) is 24.7 Å². The largest absolute Gasteiger partial charge is 0.338 e. The van der Waals surface area contributed by atoms with Crippen LogP contribution in [-0.2, 0) is 9.59 Å². The van der Waals surface area contributed by atoms with Crippen molar-refractivity contribution < 1.29 is 9.59 Å². The van der Waals surface area contributed by atoms with Gasteiger partial charge in [0.1, 0.15) is 11.3 Å². The van der Waals surface area contributed by atoms with E-state index in [1.165, 1.54) is 0 Å². The predicted octanol–water partition coefficient (Wildman–Crippen LogP) is 7.29. The number of amides is 2. The number of fused-ring (bicyclic) bond motifs is 6. The number of aromatic nitrogens is 8. The molecule has 1 saturated heterocycles. The summed E-state index contributed by atoms with van der Waals surface area (Å²) in [6.45, 7) is 0. The van der Waals surface area contributed by atoms with Crippen LogP contribution < -0.4 is 0 Å². The van der Waals surface area contributed by atoms with Gasteiger partial charge in [0.25, 0.3) is 0 Å². The zero-order valence-electron chi connectivity index (χ0n) is 24.4. The van der Waals surface area contributed by atoms with Gasteiger partial charge in [0.05, 0.1) is 39.8 Å². The molecule has 9 heterocycles. The van der Waals surface area contributed by atoms with Crippen LogP contribution in [0.2, 0.25) is 5.02 Å². The summed E-state index contributed by atoms with van der Waals surface area (Å²) >= 11 is 11.2. The van der Waals surface area contributed by atoms with Crippen LogP contribution in [0.5, 0.6) is 0 Å². The zero-order chi connectivity index (χ0) is 32.3. The fourth-order valence-corrected chi connectivity index (χ4v) is 5.50.